The van der Waals surface area contributed by atoms with Gasteiger partial charge in [0.1, 0.15) is 0 Å². The smallest absolute Gasteiger partial charge is 0.371 e. The summed E-state index contributed by atoms with van der Waals surface area (Å²) in [6.45, 7) is 4.80. The van der Waals surface area contributed by atoms with Crippen molar-refractivity contribution < 1.29 is 27.5 Å². The zero-order chi connectivity index (χ0) is 15.6. The van der Waals surface area contributed by atoms with Crippen LogP contribution >= 0.6 is 0 Å². The summed E-state index contributed by atoms with van der Waals surface area (Å²) in [5, 5.41) is 10.7. The maximum absolute atomic E-state index is 11.8. The maximum Gasteiger partial charge on any atom is 0.371 e. The number of hydrogen-bond acceptors (Lipinski definition) is 5. The van der Waals surface area contributed by atoms with Gasteiger partial charge in [0.2, 0.25) is 16.8 Å². The highest BCUT2D eigenvalue weighted by Gasteiger charge is 2.22. The van der Waals surface area contributed by atoms with Crippen LogP contribution in [0.4, 0.5) is 0 Å². The summed E-state index contributed by atoms with van der Waals surface area (Å²) in [6, 6.07) is 2.03. The second-order valence-electron chi connectivity index (χ2n) is 5.05. The summed E-state index contributed by atoms with van der Waals surface area (Å²) in [7, 11) is -4.06. The lowest BCUT2D eigenvalue weighted by Crippen LogP contribution is -2.45. The molecular weight excluding hydrogens is 288 g/mol. The van der Waals surface area contributed by atoms with Gasteiger partial charge in [-0.05, 0) is 32.9 Å². The molecule has 3 N–H and O–H groups in total. The molecule has 1 aromatic rings. The summed E-state index contributed by atoms with van der Waals surface area (Å²) in [5.41, 5.74) is -0.482. The van der Waals surface area contributed by atoms with E-state index in [9.17, 15) is 18.0 Å². The number of nitrogens with one attached hydrogen (secondary N) is 2. The Bertz CT molecular complexity index is 611. The largest absolute Gasteiger partial charge is 0.475 e. The van der Waals surface area contributed by atoms with Gasteiger partial charge in [-0.1, -0.05) is 0 Å². The van der Waals surface area contributed by atoms with E-state index >= 15 is 0 Å². The average Bonchev–Trinajstić information content (AvgIpc) is 2.74. The van der Waals surface area contributed by atoms with Gasteiger partial charge in [-0.15, -0.1) is 0 Å². The average molecular weight is 304 g/mol. The Balaban J connectivity index is 2.70. The predicted molar refractivity (Wildman–Crippen MR) is 68.8 cm³/mol. The highest BCUT2D eigenvalue weighted by molar-refractivity contribution is 7.89. The van der Waals surface area contributed by atoms with Gasteiger partial charge in [0.05, 0.1) is 6.54 Å². The van der Waals surface area contributed by atoms with Crippen LogP contribution in [0.15, 0.2) is 21.6 Å². The zero-order valence-corrected chi connectivity index (χ0v) is 12.1. The molecule has 0 saturated carbocycles. The van der Waals surface area contributed by atoms with E-state index < -0.39 is 44.8 Å². The van der Waals surface area contributed by atoms with Gasteiger partial charge >= 0.3 is 5.97 Å². The molecule has 0 bridgehead atoms. The summed E-state index contributed by atoms with van der Waals surface area (Å²) < 4.78 is 30.2. The normalized spacial score (nSPS) is 12.2. The first-order valence-electron chi connectivity index (χ1n) is 5.65. The van der Waals surface area contributed by atoms with Crippen LogP contribution in [0.5, 0.6) is 0 Å². The molecule has 0 unspecified atom stereocenters. The monoisotopic (exact) mass is 304 g/mol. The molecule has 1 heterocycles. The molecule has 0 saturated heterocycles. The van der Waals surface area contributed by atoms with E-state index in [4.69, 9.17) is 5.11 Å². The minimum atomic E-state index is -4.06. The van der Waals surface area contributed by atoms with Gasteiger partial charge < -0.3 is 14.8 Å². The Morgan fingerprint density at radius 3 is 2.35 bits per heavy atom. The number of carboxylic acids is 1. The van der Waals surface area contributed by atoms with E-state index in [-0.39, 0.29) is 0 Å². The van der Waals surface area contributed by atoms with E-state index in [0.29, 0.717) is 0 Å². The van der Waals surface area contributed by atoms with Crippen molar-refractivity contribution >= 4 is 21.9 Å². The van der Waals surface area contributed by atoms with Crippen molar-refractivity contribution in [2.75, 3.05) is 6.54 Å². The van der Waals surface area contributed by atoms with Gasteiger partial charge in [0.25, 0.3) is 10.0 Å². The molecule has 1 aromatic heterocycles. The Kier molecular flexibility index (Phi) is 4.56. The minimum Gasteiger partial charge on any atom is -0.475 e. The summed E-state index contributed by atoms with van der Waals surface area (Å²) in [6.07, 6.45) is 0. The minimum absolute atomic E-state index is 0.470. The van der Waals surface area contributed by atoms with Crippen molar-refractivity contribution in [3.8, 4) is 0 Å². The van der Waals surface area contributed by atoms with Crippen LogP contribution in [-0.4, -0.2) is 37.5 Å². The molecule has 8 nitrogen and oxygen atoms in total. The molecule has 0 aliphatic carbocycles. The highest BCUT2D eigenvalue weighted by atomic mass is 32.2. The second-order valence-corrected chi connectivity index (χ2v) is 6.74. The molecule has 0 aliphatic rings. The Labute approximate surface area is 116 Å². The summed E-state index contributed by atoms with van der Waals surface area (Å²) in [5.74, 6) is -2.38. The fourth-order valence-corrected chi connectivity index (χ4v) is 2.18. The van der Waals surface area contributed by atoms with Crippen LogP contribution in [0.25, 0.3) is 0 Å². The molecule has 0 fully saturated rings. The molecule has 20 heavy (non-hydrogen) atoms. The molecular formula is C11H16N2O6S. The van der Waals surface area contributed by atoms with Crippen LogP contribution in [0.3, 0.4) is 0 Å². The highest BCUT2D eigenvalue weighted by Crippen LogP contribution is 2.13. The molecule has 0 atom stereocenters. The lowest BCUT2D eigenvalue weighted by atomic mass is 10.1. The molecule has 0 aliphatic heterocycles. The number of furan rings is 1. The van der Waals surface area contributed by atoms with E-state index in [1.165, 1.54) is 0 Å². The lowest BCUT2D eigenvalue weighted by Gasteiger charge is -2.20. The first kappa shape index (κ1) is 16.2. The number of carbonyl (C=O) groups is 2. The number of hydrogen-bond donors (Lipinski definition) is 3. The van der Waals surface area contributed by atoms with Gasteiger partial charge in [0.15, 0.2) is 0 Å². The van der Waals surface area contributed by atoms with Crippen molar-refractivity contribution in [1.82, 2.24) is 10.0 Å². The number of aromatic carboxylic acids is 1. The maximum atomic E-state index is 11.8. The number of sulfonamides is 1. The van der Waals surface area contributed by atoms with Crippen LogP contribution in [0, 0.1) is 0 Å². The Morgan fingerprint density at radius 1 is 1.30 bits per heavy atom. The van der Waals surface area contributed by atoms with Gasteiger partial charge in [-0.2, -0.15) is 4.72 Å². The summed E-state index contributed by atoms with van der Waals surface area (Å²) >= 11 is 0. The molecule has 9 heteroatoms. The van der Waals surface area contributed by atoms with E-state index in [0.717, 1.165) is 12.1 Å². The van der Waals surface area contributed by atoms with Crippen molar-refractivity contribution in [2.45, 2.75) is 31.4 Å². The van der Waals surface area contributed by atoms with Gasteiger partial charge in [-0.25, -0.2) is 13.2 Å². The quantitative estimate of drug-likeness (QED) is 0.712. The van der Waals surface area contributed by atoms with Crippen molar-refractivity contribution in [3.05, 3.63) is 17.9 Å². The first-order valence-corrected chi connectivity index (χ1v) is 7.13. The van der Waals surface area contributed by atoms with E-state index in [1.807, 2.05) is 4.72 Å². The summed E-state index contributed by atoms with van der Waals surface area (Å²) in [4.78, 5) is 22.1. The number of rotatable bonds is 5. The zero-order valence-electron chi connectivity index (χ0n) is 11.3. The van der Waals surface area contributed by atoms with Crippen molar-refractivity contribution in [2.24, 2.45) is 0 Å². The van der Waals surface area contributed by atoms with E-state index in [1.54, 1.807) is 20.8 Å². The van der Waals surface area contributed by atoms with Crippen LogP contribution in [0.1, 0.15) is 31.3 Å². The Hall–Kier alpha value is -1.87. The van der Waals surface area contributed by atoms with Crippen LogP contribution in [-0.2, 0) is 14.8 Å². The third kappa shape index (κ3) is 4.67. The predicted octanol–water partition coefficient (Wildman–Crippen LogP) is 0.171. The van der Waals surface area contributed by atoms with Crippen molar-refractivity contribution in [1.29, 1.82) is 0 Å². The van der Waals surface area contributed by atoms with Crippen LogP contribution < -0.4 is 10.0 Å². The SMILES string of the molecule is CC(C)(C)NC(=O)CNS(=O)(=O)c1ccc(C(=O)O)o1. The standard InChI is InChI=1S/C11H16N2O6S/c1-11(2,3)13-8(14)6-12-20(17,18)9-5-4-7(19-9)10(15)16/h4-5,12H,6H2,1-3H3,(H,13,14)(H,15,16). The third-order valence-electron chi connectivity index (χ3n) is 1.99. The second kappa shape index (κ2) is 5.63. The fourth-order valence-electron chi connectivity index (χ4n) is 1.27. The van der Waals surface area contributed by atoms with Crippen molar-refractivity contribution in [3.63, 3.8) is 0 Å². The first-order chi connectivity index (χ1) is 9.01. The van der Waals surface area contributed by atoms with Gasteiger partial charge in [0, 0.05) is 5.54 Å². The van der Waals surface area contributed by atoms with Gasteiger partial charge in [-0.3, -0.25) is 4.79 Å². The number of amides is 1. The molecule has 1 rings (SSSR count). The molecule has 0 radical (unpaired) electrons. The topological polar surface area (TPSA) is 126 Å². The molecule has 0 spiro atoms. The molecule has 1 amide bonds. The van der Waals surface area contributed by atoms with E-state index in [2.05, 4.69) is 9.73 Å². The lowest BCUT2D eigenvalue weighted by molar-refractivity contribution is -0.121. The fraction of sp³-hybridized carbons (Fsp3) is 0.455. The third-order valence-corrected chi connectivity index (χ3v) is 3.27. The number of carbonyl (C=O) groups excluding carboxylic acids is 1. The number of carboxylic acid groups (broad SMARTS) is 1. The molecule has 0 aromatic carbocycles. The van der Waals surface area contributed by atoms with Crippen LogP contribution in [0.2, 0.25) is 0 Å². The Morgan fingerprint density at radius 2 is 1.90 bits per heavy atom. The molecule has 112 valence electrons.